The Morgan fingerprint density at radius 3 is 2.04 bits per heavy atom. The molecule has 2 heterocycles. The standard InChI is InChI=1S/C21H22O5/c1-13-3-5-14(6-4-13)19(22)15-7-9-16(10-8-15)26-18-12-25-20-17(23-2)11-24-21(18)20/h3-10,17-18,20-21H,11-12H2,1-2H3/t17?,18?,20?,21-/m1/s1. The van der Waals surface area contributed by atoms with Crippen molar-refractivity contribution in [1.82, 2.24) is 0 Å². The zero-order chi connectivity index (χ0) is 18.1. The maximum absolute atomic E-state index is 12.5. The summed E-state index contributed by atoms with van der Waals surface area (Å²) < 4.78 is 22.9. The molecular weight excluding hydrogens is 332 g/mol. The molecule has 0 aromatic heterocycles. The minimum absolute atomic E-state index is 0.00266. The lowest BCUT2D eigenvalue weighted by Crippen LogP contribution is -2.35. The lowest BCUT2D eigenvalue weighted by atomic mass is 10.0. The average Bonchev–Trinajstić information content (AvgIpc) is 3.25. The SMILES string of the molecule is COC1CO[C@@H]2C(Oc3ccc(C(=O)c4ccc(C)cc4)cc3)COC12. The van der Waals surface area contributed by atoms with Gasteiger partial charge in [0, 0.05) is 18.2 Å². The molecule has 2 aromatic rings. The summed E-state index contributed by atoms with van der Waals surface area (Å²) in [5.41, 5.74) is 2.45. The molecule has 136 valence electrons. The smallest absolute Gasteiger partial charge is 0.193 e. The maximum Gasteiger partial charge on any atom is 0.193 e. The Kier molecular flexibility index (Phi) is 4.76. The number of rotatable bonds is 5. The van der Waals surface area contributed by atoms with E-state index in [-0.39, 0.29) is 30.2 Å². The molecule has 2 aromatic carbocycles. The van der Waals surface area contributed by atoms with Crippen LogP contribution in [0.5, 0.6) is 5.75 Å². The fourth-order valence-corrected chi connectivity index (χ4v) is 3.46. The molecule has 4 rings (SSSR count). The Morgan fingerprint density at radius 2 is 1.42 bits per heavy atom. The van der Waals surface area contributed by atoms with Gasteiger partial charge in [0.15, 0.2) is 11.9 Å². The summed E-state index contributed by atoms with van der Waals surface area (Å²) >= 11 is 0. The van der Waals surface area contributed by atoms with Crippen molar-refractivity contribution in [3.63, 3.8) is 0 Å². The first-order valence-corrected chi connectivity index (χ1v) is 8.80. The van der Waals surface area contributed by atoms with E-state index < -0.39 is 0 Å². The number of hydrogen-bond donors (Lipinski definition) is 0. The molecule has 5 nitrogen and oxygen atoms in total. The van der Waals surface area contributed by atoms with Gasteiger partial charge in [-0.15, -0.1) is 0 Å². The van der Waals surface area contributed by atoms with Gasteiger partial charge in [0.25, 0.3) is 0 Å². The van der Waals surface area contributed by atoms with Crippen LogP contribution in [-0.2, 0) is 14.2 Å². The van der Waals surface area contributed by atoms with Gasteiger partial charge < -0.3 is 18.9 Å². The molecule has 4 atom stereocenters. The number of carbonyl (C=O) groups is 1. The molecule has 0 aliphatic carbocycles. The number of ether oxygens (including phenoxy) is 4. The van der Waals surface area contributed by atoms with Gasteiger partial charge >= 0.3 is 0 Å². The summed E-state index contributed by atoms with van der Waals surface area (Å²) in [7, 11) is 1.66. The van der Waals surface area contributed by atoms with E-state index in [1.807, 2.05) is 43.3 Å². The average molecular weight is 354 g/mol. The first-order valence-electron chi connectivity index (χ1n) is 8.80. The van der Waals surface area contributed by atoms with E-state index >= 15 is 0 Å². The topological polar surface area (TPSA) is 54.0 Å². The molecule has 26 heavy (non-hydrogen) atoms. The Bertz CT molecular complexity index is 768. The van der Waals surface area contributed by atoms with Crippen molar-refractivity contribution in [3.05, 3.63) is 65.2 Å². The number of benzene rings is 2. The van der Waals surface area contributed by atoms with Crippen LogP contribution >= 0.6 is 0 Å². The van der Waals surface area contributed by atoms with Crippen molar-refractivity contribution in [2.45, 2.75) is 31.3 Å². The van der Waals surface area contributed by atoms with E-state index in [1.54, 1.807) is 19.2 Å². The minimum Gasteiger partial charge on any atom is -0.485 e. The normalized spacial score (nSPS) is 27.3. The highest BCUT2D eigenvalue weighted by molar-refractivity contribution is 6.09. The summed E-state index contributed by atoms with van der Waals surface area (Å²) in [6, 6.07) is 14.8. The van der Waals surface area contributed by atoms with Crippen LogP contribution in [0.2, 0.25) is 0 Å². The molecule has 2 aliphatic heterocycles. The third-order valence-corrected chi connectivity index (χ3v) is 4.98. The fraction of sp³-hybridized carbons (Fsp3) is 0.381. The summed E-state index contributed by atoms with van der Waals surface area (Å²) in [4.78, 5) is 12.5. The number of fused-ring (bicyclic) bond motifs is 1. The highest BCUT2D eigenvalue weighted by Crippen LogP contribution is 2.31. The van der Waals surface area contributed by atoms with E-state index in [9.17, 15) is 4.79 Å². The predicted molar refractivity (Wildman–Crippen MR) is 95.7 cm³/mol. The monoisotopic (exact) mass is 354 g/mol. The second kappa shape index (κ2) is 7.19. The molecule has 2 saturated heterocycles. The largest absolute Gasteiger partial charge is 0.485 e. The Hall–Kier alpha value is -2.21. The molecule has 0 N–H and O–H groups in total. The van der Waals surface area contributed by atoms with Crippen LogP contribution in [-0.4, -0.2) is 50.5 Å². The number of hydrogen-bond acceptors (Lipinski definition) is 5. The van der Waals surface area contributed by atoms with Gasteiger partial charge in [-0.1, -0.05) is 29.8 Å². The highest BCUT2D eigenvalue weighted by Gasteiger charge is 2.49. The van der Waals surface area contributed by atoms with Gasteiger partial charge in [-0.3, -0.25) is 4.79 Å². The molecule has 3 unspecified atom stereocenters. The quantitative estimate of drug-likeness (QED) is 0.773. The van der Waals surface area contributed by atoms with Gasteiger partial charge in [-0.25, -0.2) is 0 Å². The van der Waals surface area contributed by atoms with Crippen molar-refractivity contribution in [3.8, 4) is 5.75 Å². The van der Waals surface area contributed by atoms with Crippen LogP contribution < -0.4 is 4.74 Å². The first kappa shape index (κ1) is 17.2. The number of aryl methyl sites for hydroxylation is 1. The molecular formula is C21H22O5. The Morgan fingerprint density at radius 1 is 0.885 bits per heavy atom. The Labute approximate surface area is 152 Å². The van der Waals surface area contributed by atoms with E-state index in [0.29, 0.717) is 30.1 Å². The van der Waals surface area contributed by atoms with Gasteiger partial charge in [-0.05, 0) is 31.2 Å². The molecule has 0 amide bonds. The summed E-state index contributed by atoms with van der Waals surface area (Å²) in [6.07, 6.45) is -0.400. The van der Waals surface area contributed by atoms with Crippen LogP contribution in [0.3, 0.4) is 0 Å². The van der Waals surface area contributed by atoms with E-state index in [0.717, 1.165) is 5.56 Å². The second-order valence-electron chi connectivity index (χ2n) is 6.75. The highest BCUT2D eigenvalue weighted by atomic mass is 16.6. The Balaban J connectivity index is 1.42. The zero-order valence-corrected chi connectivity index (χ0v) is 14.9. The summed E-state index contributed by atoms with van der Waals surface area (Å²) in [5.74, 6) is 0.701. The maximum atomic E-state index is 12.5. The molecule has 2 fully saturated rings. The van der Waals surface area contributed by atoms with Crippen molar-refractivity contribution in [2.24, 2.45) is 0 Å². The molecule has 2 aliphatic rings. The van der Waals surface area contributed by atoms with Gasteiger partial charge in [-0.2, -0.15) is 0 Å². The van der Waals surface area contributed by atoms with E-state index in [4.69, 9.17) is 18.9 Å². The van der Waals surface area contributed by atoms with Crippen LogP contribution in [0.25, 0.3) is 0 Å². The predicted octanol–water partition coefficient (Wildman–Crippen LogP) is 2.79. The van der Waals surface area contributed by atoms with Crippen LogP contribution in [0.1, 0.15) is 21.5 Å². The third-order valence-electron chi connectivity index (χ3n) is 4.98. The fourth-order valence-electron chi connectivity index (χ4n) is 3.46. The zero-order valence-electron chi connectivity index (χ0n) is 14.9. The number of methoxy groups -OCH3 is 1. The molecule has 0 saturated carbocycles. The van der Waals surface area contributed by atoms with Crippen LogP contribution in [0.4, 0.5) is 0 Å². The second-order valence-corrected chi connectivity index (χ2v) is 6.75. The lowest BCUT2D eigenvalue weighted by molar-refractivity contribution is -0.0138. The van der Waals surface area contributed by atoms with Crippen molar-refractivity contribution >= 4 is 5.78 Å². The minimum atomic E-state index is -0.168. The van der Waals surface area contributed by atoms with Crippen LogP contribution in [0.15, 0.2) is 48.5 Å². The first-order chi connectivity index (χ1) is 12.7. The lowest BCUT2D eigenvalue weighted by Gasteiger charge is -2.18. The van der Waals surface area contributed by atoms with Gasteiger partial charge in [0.05, 0.1) is 13.2 Å². The van der Waals surface area contributed by atoms with Crippen molar-refractivity contribution < 1.29 is 23.7 Å². The molecule has 0 bridgehead atoms. The van der Waals surface area contributed by atoms with Crippen molar-refractivity contribution in [2.75, 3.05) is 20.3 Å². The van der Waals surface area contributed by atoms with Gasteiger partial charge in [0.2, 0.25) is 0 Å². The number of carbonyl (C=O) groups excluding carboxylic acids is 1. The number of ketones is 1. The molecule has 0 spiro atoms. The van der Waals surface area contributed by atoms with Crippen molar-refractivity contribution in [1.29, 1.82) is 0 Å². The molecule has 5 heteroatoms. The van der Waals surface area contributed by atoms with E-state index in [2.05, 4.69) is 0 Å². The summed E-state index contributed by atoms with van der Waals surface area (Å²) in [6.45, 7) is 3.00. The van der Waals surface area contributed by atoms with E-state index in [1.165, 1.54) is 0 Å². The van der Waals surface area contributed by atoms with Gasteiger partial charge in [0.1, 0.15) is 24.1 Å². The molecule has 0 radical (unpaired) electrons. The van der Waals surface area contributed by atoms with Crippen LogP contribution in [0, 0.1) is 6.92 Å². The third kappa shape index (κ3) is 3.26. The summed E-state index contributed by atoms with van der Waals surface area (Å²) in [5, 5.41) is 0.